The van der Waals surface area contributed by atoms with Crippen molar-refractivity contribution in [2.75, 3.05) is 7.11 Å². The Labute approximate surface area is 60.5 Å². The number of aromatic nitrogens is 1. The molecule has 0 aliphatic rings. The van der Waals surface area contributed by atoms with Gasteiger partial charge in [-0.3, -0.25) is 4.98 Å². The van der Waals surface area contributed by atoms with Crippen LogP contribution in [0.1, 0.15) is 4.88 Å². The molecule has 0 aliphatic carbocycles. The summed E-state index contributed by atoms with van der Waals surface area (Å²) in [7, 11) is 1.68. The summed E-state index contributed by atoms with van der Waals surface area (Å²) in [4.78, 5) is 5.05. The molecular formula is C5H7BNOS. The van der Waals surface area contributed by atoms with E-state index in [1.165, 1.54) is 4.88 Å². The standard InChI is InChI=1S/C5H7NOS.B/c1-7-3-5-2-6-4-8-5;/h2,4H,3H2,1H3;. The summed E-state index contributed by atoms with van der Waals surface area (Å²) >= 11 is 1.61. The smallest absolute Gasteiger partial charge is 0.0821 e. The van der Waals surface area contributed by atoms with E-state index < -0.39 is 0 Å². The fourth-order valence-electron chi connectivity index (χ4n) is 0.456. The second-order valence-corrected chi connectivity index (χ2v) is 2.37. The van der Waals surface area contributed by atoms with E-state index in [1.807, 2.05) is 6.20 Å². The van der Waals surface area contributed by atoms with Gasteiger partial charge in [-0.2, -0.15) is 0 Å². The van der Waals surface area contributed by atoms with Crippen LogP contribution in [0.15, 0.2) is 11.7 Å². The fraction of sp³-hybridized carbons (Fsp3) is 0.400. The van der Waals surface area contributed by atoms with Crippen LogP contribution >= 0.6 is 11.3 Å². The lowest BCUT2D eigenvalue weighted by Crippen LogP contribution is -1.79. The average molecular weight is 140 g/mol. The van der Waals surface area contributed by atoms with Crippen molar-refractivity contribution in [3.63, 3.8) is 0 Å². The number of rotatable bonds is 2. The van der Waals surface area contributed by atoms with Crippen LogP contribution in [0.5, 0.6) is 0 Å². The molecule has 0 aromatic carbocycles. The van der Waals surface area contributed by atoms with Crippen LogP contribution in [0.3, 0.4) is 0 Å². The molecule has 47 valence electrons. The Morgan fingerprint density at radius 3 is 3.00 bits per heavy atom. The van der Waals surface area contributed by atoms with E-state index in [1.54, 1.807) is 24.0 Å². The van der Waals surface area contributed by atoms with Crippen molar-refractivity contribution < 1.29 is 4.74 Å². The van der Waals surface area contributed by atoms with E-state index in [-0.39, 0.29) is 8.41 Å². The van der Waals surface area contributed by atoms with Crippen LogP contribution in [0, 0.1) is 0 Å². The molecule has 0 bridgehead atoms. The molecule has 4 heteroatoms. The third-order valence-corrected chi connectivity index (χ3v) is 1.52. The molecule has 1 aromatic heterocycles. The van der Waals surface area contributed by atoms with Gasteiger partial charge >= 0.3 is 0 Å². The Morgan fingerprint density at radius 1 is 1.78 bits per heavy atom. The Morgan fingerprint density at radius 2 is 2.56 bits per heavy atom. The molecule has 1 rings (SSSR count). The molecule has 0 aliphatic heterocycles. The van der Waals surface area contributed by atoms with Gasteiger partial charge in [-0.15, -0.1) is 11.3 Å². The molecule has 0 atom stereocenters. The van der Waals surface area contributed by atoms with Gasteiger partial charge in [0.15, 0.2) is 0 Å². The maximum absolute atomic E-state index is 4.86. The Bertz CT molecular complexity index is 143. The monoisotopic (exact) mass is 140 g/mol. The van der Waals surface area contributed by atoms with Gasteiger partial charge in [0, 0.05) is 21.7 Å². The minimum atomic E-state index is 0. The van der Waals surface area contributed by atoms with Crippen molar-refractivity contribution in [3.8, 4) is 0 Å². The predicted octanol–water partition coefficient (Wildman–Crippen LogP) is 0.909. The summed E-state index contributed by atoms with van der Waals surface area (Å²) in [5.74, 6) is 0. The highest BCUT2D eigenvalue weighted by Gasteiger charge is 1.88. The quantitative estimate of drug-likeness (QED) is 0.569. The van der Waals surface area contributed by atoms with Gasteiger partial charge < -0.3 is 4.74 Å². The zero-order valence-corrected chi connectivity index (χ0v) is 6.02. The van der Waals surface area contributed by atoms with Crippen molar-refractivity contribution in [1.29, 1.82) is 0 Å². The van der Waals surface area contributed by atoms with Gasteiger partial charge in [0.25, 0.3) is 0 Å². The van der Waals surface area contributed by atoms with Crippen molar-refractivity contribution >= 4 is 19.7 Å². The largest absolute Gasteiger partial charge is 0.379 e. The van der Waals surface area contributed by atoms with Crippen molar-refractivity contribution in [3.05, 3.63) is 16.6 Å². The molecule has 0 N–H and O–H groups in total. The predicted molar refractivity (Wildman–Crippen MR) is 38.6 cm³/mol. The van der Waals surface area contributed by atoms with Crippen molar-refractivity contribution in [1.82, 2.24) is 4.98 Å². The van der Waals surface area contributed by atoms with Gasteiger partial charge in [-0.25, -0.2) is 0 Å². The molecule has 0 saturated heterocycles. The summed E-state index contributed by atoms with van der Waals surface area (Å²) in [5, 5.41) is 0. The molecule has 1 aromatic rings. The molecule has 0 spiro atoms. The summed E-state index contributed by atoms with van der Waals surface area (Å²) in [6.07, 6.45) is 1.81. The summed E-state index contributed by atoms with van der Waals surface area (Å²) < 4.78 is 4.86. The molecule has 1 heterocycles. The molecule has 0 amide bonds. The number of methoxy groups -OCH3 is 1. The molecule has 0 saturated carbocycles. The van der Waals surface area contributed by atoms with E-state index in [0.717, 1.165) is 0 Å². The minimum absolute atomic E-state index is 0. The first-order chi connectivity index (χ1) is 3.93. The molecule has 3 radical (unpaired) electrons. The average Bonchev–Trinajstić information content (AvgIpc) is 2.19. The van der Waals surface area contributed by atoms with Gasteiger partial charge in [0.05, 0.1) is 17.0 Å². The number of thiazole rings is 1. The molecule has 9 heavy (non-hydrogen) atoms. The number of hydrogen-bond donors (Lipinski definition) is 0. The summed E-state index contributed by atoms with van der Waals surface area (Å²) in [6, 6.07) is 0. The van der Waals surface area contributed by atoms with Crippen LogP contribution < -0.4 is 0 Å². The van der Waals surface area contributed by atoms with Gasteiger partial charge in [-0.05, 0) is 0 Å². The lowest BCUT2D eigenvalue weighted by molar-refractivity contribution is 0.187. The van der Waals surface area contributed by atoms with E-state index in [9.17, 15) is 0 Å². The van der Waals surface area contributed by atoms with E-state index in [2.05, 4.69) is 4.98 Å². The lowest BCUT2D eigenvalue weighted by atomic mass is 10.6. The third kappa shape index (κ3) is 2.63. The summed E-state index contributed by atoms with van der Waals surface area (Å²) in [6.45, 7) is 0.685. The topological polar surface area (TPSA) is 22.1 Å². The Hall–Kier alpha value is -0.345. The second kappa shape index (κ2) is 4.53. The lowest BCUT2D eigenvalue weighted by Gasteiger charge is -1.87. The number of hydrogen-bond acceptors (Lipinski definition) is 3. The highest BCUT2D eigenvalue weighted by molar-refractivity contribution is 7.09. The molecule has 0 fully saturated rings. The van der Waals surface area contributed by atoms with Crippen LogP contribution in [-0.4, -0.2) is 20.5 Å². The number of nitrogens with zero attached hydrogens (tertiary/aromatic N) is 1. The fourth-order valence-corrected chi connectivity index (χ4v) is 1.02. The Kier molecular flexibility index (Phi) is 4.35. The van der Waals surface area contributed by atoms with Crippen LogP contribution in [0.25, 0.3) is 0 Å². The van der Waals surface area contributed by atoms with Crippen LogP contribution in [0.4, 0.5) is 0 Å². The van der Waals surface area contributed by atoms with Crippen molar-refractivity contribution in [2.24, 2.45) is 0 Å². The maximum atomic E-state index is 4.86. The zero-order valence-electron chi connectivity index (χ0n) is 5.20. The SMILES string of the molecule is COCc1cncs1.[B]. The zero-order chi connectivity index (χ0) is 5.82. The normalized spacial score (nSPS) is 8.56. The second-order valence-electron chi connectivity index (χ2n) is 1.40. The van der Waals surface area contributed by atoms with Crippen molar-refractivity contribution in [2.45, 2.75) is 6.61 Å². The first-order valence-electron chi connectivity index (χ1n) is 2.30. The van der Waals surface area contributed by atoms with E-state index in [0.29, 0.717) is 6.61 Å². The van der Waals surface area contributed by atoms with Gasteiger partial charge in [0.2, 0.25) is 0 Å². The third-order valence-electron chi connectivity index (χ3n) is 0.770. The first kappa shape index (κ1) is 8.65. The summed E-state index contributed by atoms with van der Waals surface area (Å²) in [5.41, 5.74) is 1.80. The van der Waals surface area contributed by atoms with Gasteiger partial charge in [-0.1, -0.05) is 0 Å². The van der Waals surface area contributed by atoms with E-state index >= 15 is 0 Å². The molecular weight excluding hydrogens is 133 g/mol. The maximum Gasteiger partial charge on any atom is 0.0821 e. The van der Waals surface area contributed by atoms with Crippen LogP contribution in [-0.2, 0) is 11.3 Å². The molecule has 2 nitrogen and oxygen atoms in total. The highest BCUT2D eigenvalue weighted by atomic mass is 32.1. The first-order valence-corrected chi connectivity index (χ1v) is 3.18. The van der Waals surface area contributed by atoms with E-state index in [4.69, 9.17) is 4.74 Å². The van der Waals surface area contributed by atoms with Gasteiger partial charge in [0.1, 0.15) is 0 Å². The van der Waals surface area contributed by atoms with Crippen LogP contribution in [0.2, 0.25) is 0 Å². The Balaban J connectivity index is 0.000000640. The minimum Gasteiger partial charge on any atom is -0.379 e. The highest BCUT2D eigenvalue weighted by Crippen LogP contribution is 2.04. The number of ether oxygens (including phenoxy) is 1. The molecule has 0 unspecified atom stereocenters.